The summed E-state index contributed by atoms with van der Waals surface area (Å²) in [5.74, 6) is -0.504. The minimum absolute atomic E-state index is 0.174. The molecule has 1 aromatic heterocycles. The lowest BCUT2D eigenvalue weighted by Gasteiger charge is -2.09. The zero-order valence-corrected chi connectivity index (χ0v) is 16.0. The molecule has 6 nitrogen and oxygen atoms in total. The van der Waals surface area contributed by atoms with Crippen molar-refractivity contribution in [2.45, 2.75) is 13.5 Å². The van der Waals surface area contributed by atoms with Gasteiger partial charge in [-0.15, -0.1) is 0 Å². The fourth-order valence-electron chi connectivity index (χ4n) is 2.51. The molecular formula is C21H19ClN4O2. The maximum absolute atomic E-state index is 12.4. The van der Waals surface area contributed by atoms with E-state index in [-0.39, 0.29) is 11.8 Å². The molecule has 0 aliphatic carbocycles. The Morgan fingerprint density at radius 1 is 0.929 bits per heavy atom. The Labute approximate surface area is 168 Å². The van der Waals surface area contributed by atoms with Crippen molar-refractivity contribution in [3.63, 3.8) is 0 Å². The number of nitrogens with zero attached hydrogens (tertiary/aromatic N) is 1. The van der Waals surface area contributed by atoms with E-state index < -0.39 is 0 Å². The molecule has 0 fully saturated rings. The molecule has 2 aromatic carbocycles. The lowest BCUT2D eigenvalue weighted by Crippen LogP contribution is -2.14. The number of aromatic nitrogens is 1. The first-order valence-electron chi connectivity index (χ1n) is 8.63. The number of pyridine rings is 1. The molecule has 7 heteroatoms. The van der Waals surface area contributed by atoms with E-state index >= 15 is 0 Å². The van der Waals surface area contributed by atoms with Crippen LogP contribution in [0.2, 0.25) is 5.02 Å². The first-order valence-corrected chi connectivity index (χ1v) is 9.01. The van der Waals surface area contributed by atoms with E-state index in [2.05, 4.69) is 20.9 Å². The smallest absolute Gasteiger partial charge is 0.274 e. The van der Waals surface area contributed by atoms with E-state index in [4.69, 9.17) is 11.6 Å². The average Bonchev–Trinajstić information content (AvgIpc) is 2.68. The Hall–Kier alpha value is -3.38. The molecular weight excluding hydrogens is 376 g/mol. The molecule has 142 valence electrons. The Morgan fingerprint density at radius 3 is 2.29 bits per heavy atom. The van der Waals surface area contributed by atoms with E-state index in [0.717, 1.165) is 11.3 Å². The van der Waals surface area contributed by atoms with Crippen LogP contribution in [0.15, 0.2) is 66.9 Å². The number of anilines is 3. The Balaban J connectivity index is 1.59. The molecule has 0 saturated heterocycles. The average molecular weight is 395 g/mol. The topological polar surface area (TPSA) is 83.1 Å². The van der Waals surface area contributed by atoms with E-state index in [9.17, 15) is 9.59 Å². The fraction of sp³-hybridized carbons (Fsp3) is 0.0952. The summed E-state index contributed by atoms with van der Waals surface area (Å²) in [6.45, 7) is 2.05. The SMILES string of the molecule is CC(=O)Nc1cccc(NC(=O)c2ccc(NCc3ccc(Cl)cc3)cn2)c1. The van der Waals surface area contributed by atoms with Crippen molar-refractivity contribution in [2.24, 2.45) is 0 Å². The van der Waals surface area contributed by atoms with Gasteiger partial charge in [0.25, 0.3) is 5.91 Å². The van der Waals surface area contributed by atoms with Crippen LogP contribution in [-0.4, -0.2) is 16.8 Å². The Kier molecular flexibility index (Phi) is 6.24. The van der Waals surface area contributed by atoms with E-state index in [1.54, 1.807) is 42.6 Å². The number of nitrogens with one attached hydrogen (secondary N) is 3. The number of rotatable bonds is 6. The number of carbonyl (C=O) groups is 2. The molecule has 3 rings (SSSR count). The molecule has 3 aromatic rings. The number of hydrogen-bond acceptors (Lipinski definition) is 4. The van der Waals surface area contributed by atoms with Crippen LogP contribution in [0.1, 0.15) is 23.0 Å². The highest BCUT2D eigenvalue weighted by Crippen LogP contribution is 2.17. The zero-order chi connectivity index (χ0) is 19.9. The van der Waals surface area contributed by atoms with Gasteiger partial charge in [0, 0.05) is 29.9 Å². The zero-order valence-electron chi connectivity index (χ0n) is 15.2. The van der Waals surface area contributed by atoms with Crippen molar-refractivity contribution in [3.05, 3.63) is 83.1 Å². The van der Waals surface area contributed by atoms with Crippen LogP contribution in [0.5, 0.6) is 0 Å². The monoisotopic (exact) mass is 394 g/mol. The third-order valence-electron chi connectivity index (χ3n) is 3.85. The summed E-state index contributed by atoms with van der Waals surface area (Å²) in [5, 5.41) is 9.39. The molecule has 0 aliphatic rings. The van der Waals surface area contributed by atoms with Crippen molar-refractivity contribution in [1.29, 1.82) is 0 Å². The molecule has 0 spiro atoms. The molecule has 1 heterocycles. The number of halogens is 1. The second-order valence-corrected chi connectivity index (χ2v) is 6.56. The minimum Gasteiger partial charge on any atom is -0.380 e. The first kappa shape index (κ1) is 19.4. The molecule has 0 unspecified atom stereocenters. The highest BCUT2D eigenvalue weighted by Gasteiger charge is 2.08. The van der Waals surface area contributed by atoms with Gasteiger partial charge in [0.1, 0.15) is 5.69 Å². The van der Waals surface area contributed by atoms with E-state index in [1.165, 1.54) is 6.92 Å². The predicted molar refractivity (Wildman–Crippen MR) is 112 cm³/mol. The summed E-state index contributed by atoms with van der Waals surface area (Å²) in [6, 6.07) is 17.9. The van der Waals surface area contributed by atoms with Crippen LogP contribution in [0.4, 0.5) is 17.1 Å². The Morgan fingerprint density at radius 2 is 1.64 bits per heavy atom. The van der Waals surface area contributed by atoms with Crippen molar-refractivity contribution < 1.29 is 9.59 Å². The fourth-order valence-corrected chi connectivity index (χ4v) is 2.64. The van der Waals surface area contributed by atoms with Crippen LogP contribution < -0.4 is 16.0 Å². The largest absolute Gasteiger partial charge is 0.380 e. The quantitative estimate of drug-likeness (QED) is 0.572. The van der Waals surface area contributed by atoms with Gasteiger partial charge in [-0.05, 0) is 48.0 Å². The molecule has 0 atom stereocenters. The summed E-state index contributed by atoms with van der Waals surface area (Å²) in [5.41, 5.74) is 3.37. The minimum atomic E-state index is -0.329. The lowest BCUT2D eigenvalue weighted by molar-refractivity contribution is -0.114. The summed E-state index contributed by atoms with van der Waals surface area (Å²) >= 11 is 5.88. The third kappa shape index (κ3) is 5.56. The van der Waals surface area contributed by atoms with Gasteiger partial charge < -0.3 is 16.0 Å². The summed E-state index contributed by atoms with van der Waals surface area (Å²) in [4.78, 5) is 27.7. The third-order valence-corrected chi connectivity index (χ3v) is 4.10. The second kappa shape index (κ2) is 9.01. The molecule has 0 saturated carbocycles. The predicted octanol–water partition coefficient (Wildman–Crippen LogP) is 4.56. The maximum Gasteiger partial charge on any atom is 0.274 e. The number of carbonyl (C=O) groups excluding carboxylic acids is 2. The van der Waals surface area contributed by atoms with Crippen molar-refractivity contribution in [3.8, 4) is 0 Å². The van der Waals surface area contributed by atoms with Crippen LogP contribution in [0.3, 0.4) is 0 Å². The lowest BCUT2D eigenvalue weighted by atomic mass is 10.2. The van der Waals surface area contributed by atoms with Crippen LogP contribution >= 0.6 is 11.6 Å². The normalized spacial score (nSPS) is 10.2. The van der Waals surface area contributed by atoms with Crippen molar-refractivity contribution in [1.82, 2.24) is 4.98 Å². The molecule has 0 aliphatic heterocycles. The van der Waals surface area contributed by atoms with Gasteiger partial charge in [-0.3, -0.25) is 9.59 Å². The number of amides is 2. The number of benzene rings is 2. The van der Waals surface area contributed by atoms with E-state index in [0.29, 0.717) is 28.6 Å². The van der Waals surface area contributed by atoms with Gasteiger partial charge in [0.15, 0.2) is 0 Å². The van der Waals surface area contributed by atoms with E-state index in [1.807, 2.05) is 24.3 Å². The highest BCUT2D eigenvalue weighted by atomic mass is 35.5. The van der Waals surface area contributed by atoms with Gasteiger partial charge in [0.05, 0.1) is 11.9 Å². The van der Waals surface area contributed by atoms with Gasteiger partial charge in [0.2, 0.25) is 5.91 Å². The van der Waals surface area contributed by atoms with Gasteiger partial charge in [-0.25, -0.2) is 4.98 Å². The molecule has 3 N–H and O–H groups in total. The van der Waals surface area contributed by atoms with Crippen molar-refractivity contribution in [2.75, 3.05) is 16.0 Å². The highest BCUT2D eigenvalue weighted by molar-refractivity contribution is 6.30. The molecule has 2 amide bonds. The summed E-state index contributed by atoms with van der Waals surface area (Å²) in [7, 11) is 0. The van der Waals surface area contributed by atoms with Gasteiger partial charge in [-0.2, -0.15) is 0 Å². The van der Waals surface area contributed by atoms with Crippen LogP contribution in [0, 0.1) is 0 Å². The van der Waals surface area contributed by atoms with Crippen LogP contribution in [0.25, 0.3) is 0 Å². The summed E-state index contributed by atoms with van der Waals surface area (Å²) < 4.78 is 0. The Bertz CT molecular complexity index is 972. The summed E-state index contributed by atoms with van der Waals surface area (Å²) in [6.07, 6.45) is 1.61. The van der Waals surface area contributed by atoms with Gasteiger partial charge in [-0.1, -0.05) is 29.8 Å². The van der Waals surface area contributed by atoms with Crippen molar-refractivity contribution >= 4 is 40.5 Å². The standard InChI is InChI=1S/C21H19ClN4O2/c1-14(27)25-17-3-2-4-18(11-17)26-21(28)20-10-9-19(13-24-20)23-12-15-5-7-16(22)8-6-15/h2-11,13,23H,12H2,1H3,(H,25,27)(H,26,28). The molecule has 0 radical (unpaired) electrons. The second-order valence-electron chi connectivity index (χ2n) is 6.13. The maximum atomic E-state index is 12.4. The molecule has 0 bridgehead atoms. The molecule has 28 heavy (non-hydrogen) atoms. The van der Waals surface area contributed by atoms with Crippen LogP contribution in [-0.2, 0) is 11.3 Å². The number of hydrogen-bond donors (Lipinski definition) is 3. The van der Waals surface area contributed by atoms with Gasteiger partial charge >= 0.3 is 0 Å². The first-order chi connectivity index (χ1) is 13.5.